The van der Waals surface area contributed by atoms with Gasteiger partial charge in [0.25, 0.3) is 0 Å². The lowest BCUT2D eigenvalue weighted by atomic mass is 9.94. The molecule has 0 spiro atoms. The van der Waals surface area contributed by atoms with E-state index in [1.807, 2.05) is 6.92 Å². The average molecular weight is 280 g/mol. The molecule has 0 unspecified atom stereocenters. The van der Waals surface area contributed by atoms with Crippen LogP contribution >= 0.6 is 0 Å². The summed E-state index contributed by atoms with van der Waals surface area (Å²) in [6.45, 7) is 5.62. The number of benzene rings is 1. The summed E-state index contributed by atoms with van der Waals surface area (Å²) in [6, 6.07) is 5.15. The fourth-order valence-corrected chi connectivity index (χ4v) is 1.90. The normalized spacial score (nSPS) is 10.2. The Balaban J connectivity index is 3.16. The van der Waals surface area contributed by atoms with Crippen molar-refractivity contribution >= 4 is 11.9 Å². The van der Waals surface area contributed by atoms with Crippen LogP contribution in [-0.2, 0) is 19.1 Å². The van der Waals surface area contributed by atoms with E-state index in [-0.39, 0.29) is 13.2 Å². The molecule has 0 aliphatic carbocycles. The Morgan fingerprint density at radius 1 is 1.10 bits per heavy atom. The standard InChI is InChI=1S/C15H20O5/c1-5-19-14(16)13(15(17)20-6-2)12-8-7-11(18-4)9-10(12)3/h7-9,13H,5-6H2,1-4H3. The molecular weight excluding hydrogens is 260 g/mol. The Bertz CT molecular complexity index is 463. The van der Waals surface area contributed by atoms with E-state index in [2.05, 4.69) is 0 Å². The summed E-state index contributed by atoms with van der Waals surface area (Å²) in [4.78, 5) is 24.0. The van der Waals surface area contributed by atoms with Crippen molar-refractivity contribution in [3.63, 3.8) is 0 Å². The maximum absolute atomic E-state index is 12.0. The molecule has 0 amide bonds. The molecular formula is C15H20O5. The van der Waals surface area contributed by atoms with Gasteiger partial charge in [-0.15, -0.1) is 0 Å². The maximum Gasteiger partial charge on any atom is 0.324 e. The highest BCUT2D eigenvalue weighted by molar-refractivity contribution is 6.01. The molecule has 0 saturated carbocycles. The first-order valence-electron chi connectivity index (χ1n) is 6.52. The van der Waals surface area contributed by atoms with Crippen LogP contribution in [0.25, 0.3) is 0 Å². The van der Waals surface area contributed by atoms with Gasteiger partial charge in [0.05, 0.1) is 20.3 Å². The highest BCUT2D eigenvalue weighted by Gasteiger charge is 2.32. The maximum atomic E-state index is 12.0. The summed E-state index contributed by atoms with van der Waals surface area (Å²) in [5.74, 6) is -1.59. The molecule has 1 aromatic rings. The summed E-state index contributed by atoms with van der Waals surface area (Å²) in [6.07, 6.45) is 0. The lowest BCUT2D eigenvalue weighted by Crippen LogP contribution is -2.26. The van der Waals surface area contributed by atoms with Gasteiger partial charge >= 0.3 is 11.9 Å². The minimum Gasteiger partial charge on any atom is -0.497 e. The van der Waals surface area contributed by atoms with Gasteiger partial charge in [0.1, 0.15) is 5.75 Å². The largest absolute Gasteiger partial charge is 0.497 e. The van der Waals surface area contributed by atoms with E-state index in [4.69, 9.17) is 14.2 Å². The van der Waals surface area contributed by atoms with Crippen molar-refractivity contribution in [2.24, 2.45) is 0 Å². The second-order valence-electron chi connectivity index (χ2n) is 4.16. The van der Waals surface area contributed by atoms with Gasteiger partial charge < -0.3 is 14.2 Å². The van der Waals surface area contributed by atoms with Crippen molar-refractivity contribution in [2.45, 2.75) is 26.7 Å². The lowest BCUT2D eigenvalue weighted by Gasteiger charge is -2.17. The van der Waals surface area contributed by atoms with E-state index in [9.17, 15) is 9.59 Å². The van der Waals surface area contributed by atoms with Crippen molar-refractivity contribution in [1.29, 1.82) is 0 Å². The monoisotopic (exact) mass is 280 g/mol. The van der Waals surface area contributed by atoms with Crippen LogP contribution in [0.3, 0.4) is 0 Å². The fourth-order valence-electron chi connectivity index (χ4n) is 1.90. The summed E-state index contributed by atoms with van der Waals surface area (Å²) in [7, 11) is 1.56. The molecule has 20 heavy (non-hydrogen) atoms. The molecule has 0 bridgehead atoms. The second-order valence-corrected chi connectivity index (χ2v) is 4.16. The van der Waals surface area contributed by atoms with E-state index < -0.39 is 17.9 Å². The zero-order valence-electron chi connectivity index (χ0n) is 12.3. The van der Waals surface area contributed by atoms with Crippen molar-refractivity contribution in [1.82, 2.24) is 0 Å². The van der Waals surface area contributed by atoms with Gasteiger partial charge in [0.2, 0.25) is 0 Å². The van der Waals surface area contributed by atoms with Crippen LogP contribution in [0, 0.1) is 6.92 Å². The van der Waals surface area contributed by atoms with Crippen LogP contribution in [0.1, 0.15) is 30.9 Å². The molecule has 0 aromatic heterocycles. The molecule has 0 aliphatic heterocycles. The molecule has 1 aromatic carbocycles. The van der Waals surface area contributed by atoms with E-state index in [0.29, 0.717) is 11.3 Å². The third-order valence-electron chi connectivity index (χ3n) is 2.83. The van der Waals surface area contributed by atoms with Crippen molar-refractivity contribution in [3.8, 4) is 5.75 Å². The second kappa shape index (κ2) is 7.53. The van der Waals surface area contributed by atoms with Crippen molar-refractivity contribution in [2.75, 3.05) is 20.3 Å². The summed E-state index contributed by atoms with van der Waals surface area (Å²) >= 11 is 0. The molecule has 0 N–H and O–H groups in total. The topological polar surface area (TPSA) is 61.8 Å². The van der Waals surface area contributed by atoms with Crippen LogP contribution in [0.5, 0.6) is 5.75 Å². The smallest absolute Gasteiger partial charge is 0.324 e. The molecule has 1 rings (SSSR count). The number of esters is 2. The molecule has 0 atom stereocenters. The van der Waals surface area contributed by atoms with Gasteiger partial charge in [-0.3, -0.25) is 9.59 Å². The van der Waals surface area contributed by atoms with Crippen LogP contribution in [0.15, 0.2) is 18.2 Å². The summed E-state index contributed by atoms with van der Waals surface area (Å²) in [5.41, 5.74) is 1.35. The van der Waals surface area contributed by atoms with Crippen molar-refractivity contribution < 1.29 is 23.8 Å². The first kappa shape index (κ1) is 16.0. The highest BCUT2D eigenvalue weighted by Crippen LogP contribution is 2.26. The van der Waals surface area contributed by atoms with Crippen LogP contribution in [0.2, 0.25) is 0 Å². The number of hydrogen-bond acceptors (Lipinski definition) is 5. The number of ether oxygens (including phenoxy) is 3. The Labute approximate surface area is 118 Å². The van der Waals surface area contributed by atoms with Gasteiger partial charge in [-0.25, -0.2) is 0 Å². The quantitative estimate of drug-likeness (QED) is 0.590. The molecule has 0 heterocycles. The van der Waals surface area contributed by atoms with Gasteiger partial charge in [-0.05, 0) is 44.0 Å². The number of aryl methyl sites for hydroxylation is 1. The first-order chi connectivity index (χ1) is 9.54. The van der Waals surface area contributed by atoms with Gasteiger partial charge in [0.15, 0.2) is 5.92 Å². The highest BCUT2D eigenvalue weighted by atomic mass is 16.6. The molecule has 5 heteroatoms. The number of carbonyl (C=O) groups is 2. The first-order valence-corrected chi connectivity index (χ1v) is 6.52. The zero-order chi connectivity index (χ0) is 15.1. The number of methoxy groups -OCH3 is 1. The number of hydrogen-bond donors (Lipinski definition) is 0. The van der Waals surface area contributed by atoms with E-state index in [1.54, 1.807) is 39.2 Å². The van der Waals surface area contributed by atoms with Gasteiger partial charge in [-0.2, -0.15) is 0 Å². The predicted molar refractivity (Wildman–Crippen MR) is 73.7 cm³/mol. The summed E-state index contributed by atoms with van der Waals surface area (Å²) in [5, 5.41) is 0. The van der Waals surface area contributed by atoms with Crippen molar-refractivity contribution in [3.05, 3.63) is 29.3 Å². The van der Waals surface area contributed by atoms with Crippen LogP contribution < -0.4 is 4.74 Å². The SMILES string of the molecule is CCOC(=O)C(C(=O)OCC)c1ccc(OC)cc1C. The predicted octanol–water partition coefficient (Wildman–Crippen LogP) is 2.21. The van der Waals surface area contributed by atoms with Crippen LogP contribution in [-0.4, -0.2) is 32.3 Å². The molecule has 0 saturated heterocycles. The summed E-state index contributed by atoms with van der Waals surface area (Å²) < 4.78 is 15.0. The van der Waals surface area contributed by atoms with Gasteiger partial charge in [-0.1, -0.05) is 6.07 Å². The minimum atomic E-state index is -1.05. The fraction of sp³-hybridized carbons (Fsp3) is 0.467. The number of rotatable bonds is 6. The molecule has 0 aliphatic rings. The Morgan fingerprint density at radius 2 is 1.65 bits per heavy atom. The Hall–Kier alpha value is -2.04. The lowest BCUT2D eigenvalue weighted by molar-refractivity contribution is -0.156. The van der Waals surface area contributed by atoms with Crippen LogP contribution in [0.4, 0.5) is 0 Å². The molecule has 5 nitrogen and oxygen atoms in total. The zero-order valence-corrected chi connectivity index (χ0v) is 12.3. The molecule has 0 fully saturated rings. The molecule has 0 radical (unpaired) electrons. The van der Waals surface area contributed by atoms with E-state index in [1.165, 1.54) is 0 Å². The number of carbonyl (C=O) groups excluding carboxylic acids is 2. The third kappa shape index (κ3) is 3.73. The average Bonchev–Trinajstić information content (AvgIpc) is 2.41. The van der Waals surface area contributed by atoms with E-state index >= 15 is 0 Å². The molecule has 110 valence electrons. The van der Waals surface area contributed by atoms with E-state index in [0.717, 1.165) is 5.56 Å². The minimum absolute atomic E-state index is 0.212. The Morgan fingerprint density at radius 3 is 2.05 bits per heavy atom. The third-order valence-corrected chi connectivity index (χ3v) is 2.83. The van der Waals surface area contributed by atoms with Gasteiger partial charge in [0, 0.05) is 0 Å². The Kier molecular flexibility index (Phi) is 6.03.